The van der Waals surface area contributed by atoms with E-state index in [1.807, 2.05) is 17.9 Å². The minimum atomic E-state index is -0.738. The lowest BCUT2D eigenvalue weighted by Crippen LogP contribution is -2.50. The Morgan fingerprint density at radius 2 is 2.20 bits per heavy atom. The second-order valence-corrected chi connectivity index (χ2v) is 6.19. The molecule has 0 bridgehead atoms. The SMILES string of the molecule is CCCC1(C(=O)O)CCCN1Cc1ccc(Cl)cc1Cl. The average molecular weight is 316 g/mol. The van der Waals surface area contributed by atoms with Crippen LogP contribution in [-0.2, 0) is 11.3 Å². The lowest BCUT2D eigenvalue weighted by Gasteiger charge is -2.34. The fourth-order valence-corrected chi connectivity index (χ4v) is 3.53. The molecule has 110 valence electrons. The minimum absolute atomic E-state index is 0.558. The Bertz CT molecular complexity index is 507. The second-order valence-electron chi connectivity index (χ2n) is 5.35. The van der Waals surface area contributed by atoms with Crippen LogP contribution < -0.4 is 0 Å². The van der Waals surface area contributed by atoms with E-state index in [0.29, 0.717) is 29.4 Å². The summed E-state index contributed by atoms with van der Waals surface area (Å²) in [5, 5.41) is 10.9. The van der Waals surface area contributed by atoms with E-state index in [-0.39, 0.29) is 0 Å². The van der Waals surface area contributed by atoms with Crippen molar-refractivity contribution in [3.05, 3.63) is 33.8 Å². The summed E-state index contributed by atoms with van der Waals surface area (Å²) in [5.74, 6) is -0.720. The molecule has 1 atom stereocenters. The third kappa shape index (κ3) is 2.95. The number of hydrogen-bond donors (Lipinski definition) is 1. The molecule has 0 radical (unpaired) electrons. The highest BCUT2D eigenvalue weighted by molar-refractivity contribution is 6.35. The van der Waals surface area contributed by atoms with Gasteiger partial charge < -0.3 is 5.11 Å². The molecule has 0 amide bonds. The van der Waals surface area contributed by atoms with Gasteiger partial charge in [-0.05, 0) is 43.5 Å². The highest BCUT2D eigenvalue weighted by Crippen LogP contribution is 2.36. The van der Waals surface area contributed by atoms with Crippen LogP contribution in [0.15, 0.2) is 18.2 Å². The zero-order valence-corrected chi connectivity index (χ0v) is 13.0. The van der Waals surface area contributed by atoms with Crippen LogP contribution in [0.25, 0.3) is 0 Å². The number of aliphatic carboxylic acids is 1. The number of halogens is 2. The molecule has 1 saturated heterocycles. The maximum atomic E-state index is 11.8. The zero-order chi connectivity index (χ0) is 14.8. The zero-order valence-electron chi connectivity index (χ0n) is 11.5. The summed E-state index contributed by atoms with van der Waals surface area (Å²) in [6, 6.07) is 5.37. The van der Waals surface area contributed by atoms with Crippen LogP contribution in [0.2, 0.25) is 10.0 Å². The molecule has 20 heavy (non-hydrogen) atoms. The number of carbonyl (C=O) groups is 1. The Morgan fingerprint density at radius 1 is 1.45 bits per heavy atom. The largest absolute Gasteiger partial charge is 0.480 e. The van der Waals surface area contributed by atoms with Crippen LogP contribution in [-0.4, -0.2) is 28.1 Å². The van der Waals surface area contributed by atoms with Crippen molar-refractivity contribution in [2.75, 3.05) is 6.54 Å². The number of carboxylic acids is 1. The van der Waals surface area contributed by atoms with Crippen molar-refractivity contribution < 1.29 is 9.90 Å². The molecule has 0 saturated carbocycles. The summed E-state index contributed by atoms with van der Waals surface area (Å²) in [6.07, 6.45) is 3.16. The van der Waals surface area contributed by atoms with Crippen LogP contribution in [0.3, 0.4) is 0 Å². The summed E-state index contributed by atoms with van der Waals surface area (Å²) in [5.41, 5.74) is 0.192. The van der Waals surface area contributed by atoms with Crippen molar-refractivity contribution in [3.8, 4) is 0 Å². The summed E-state index contributed by atoms with van der Waals surface area (Å²) in [7, 11) is 0. The summed E-state index contributed by atoms with van der Waals surface area (Å²) in [4.78, 5) is 13.8. The van der Waals surface area contributed by atoms with Gasteiger partial charge in [-0.2, -0.15) is 0 Å². The van der Waals surface area contributed by atoms with Gasteiger partial charge in [-0.1, -0.05) is 42.6 Å². The monoisotopic (exact) mass is 315 g/mol. The quantitative estimate of drug-likeness (QED) is 0.884. The molecular formula is C15H19Cl2NO2. The van der Waals surface area contributed by atoms with Crippen LogP contribution >= 0.6 is 23.2 Å². The van der Waals surface area contributed by atoms with Gasteiger partial charge in [0.05, 0.1) is 0 Å². The molecule has 3 nitrogen and oxygen atoms in total. The first-order chi connectivity index (χ1) is 9.49. The molecule has 1 aromatic rings. The molecule has 1 aromatic carbocycles. The average Bonchev–Trinajstić information content (AvgIpc) is 2.77. The Morgan fingerprint density at radius 3 is 2.80 bits per heavy atom. The molecular weight excluding hydrogens is 297 g/mol. The molecule has 1 aliphatic heterocycles. The van der Waals surface area contributed by atoms with Crippen LogP contribution in [0.1, 0.15) is 38.2 Å². The molecule has 1 unspecified atom stereocenters. The van der Waals surface area contributed by atoms with Gasteiger partial charge in [0.1, 0.15) is 5.54 Å². The van der Waals surface area contributed by atoms with Crippen LogP contribution in [0.4, 0.5) is 0 Å². The Hall–Kier alpha value is -0.770. The van der Waals surface area contributed by atoms with Gasteiger partial charge in [0.2, 0.25) is 0 Å². The van der Waals surface area contributed by atoms with Gasteiger partial charge in [0, 0.05) is 16.6 Å². The molecule has 2 rings (SSSR count). The summed E-state index contributed by atoms with van der Waals surface area (Å²) >= 11 is 12.1. The van der Waals surface area contributed by atoms with Gasteiger partial charge in [-0.15, -0.1) is 0 Å². The molecule has 1 aliphatic rings. The maximum absolute atomic E-state index is 11.8. The lowest BCUT2D eigenvalue weighted by molar-refractivity contribution is -0.150. The van der Waals surface area contributed by atoms with Crippen molar-refractivity contribution in [2.24, 2.45) is 0 Å². The van der Waals surface area contributed by atoms with Gasteiger partial charge >= 0.3 is 5.97 Å². The highest BCUT2D eigenvalue weighted by Gasteiger charge is 2.46. The maximum Gasteiger partial charge on any atom is 0.324 e. The first-order valence-electron chi connectivity index (χ1n) is 6.92. The van der Waals surface area contributed by atoms with E-state index in [1.165, 1.54) is 0 Å². The minimum Gasteiger partial charge on any atom is -0.480 e. The molecule has 0 aromatic heterocycles. The van der Waals surface area contributed by atoms with Crippen LogP contribution in [0, 0.1) is 0 Å². The Labute approximate surface area is 129 Å². The predicted molar refractivity (Wildman–Crippen MR) is 81.4 cm³/mol. The second kappa shape index (κ2) is 6.33. The van der Waals surface area contributed by atoms with E-state index in [2.05, 4.69) is 0 Å². The molecule has 0 aliphatic carbocycles. The van der Waals surface area contributed by atoms with Crippen LogP contribution in [0.5, 0.6) is 0 Å². The van der Waals surface area contributed by atoms with Crippen molar-refractivity contribution >= 4 is 29.2 Å². The van der Waals surface area contributed by atoms with Crippen molar-refractivity contribution in [1.29, 1.82) is 0 Å². The third-order valence-electron chi connectivity index (χ3n) is 4.06. The third-order valence-corrected chi connectivity index (χ3v) is 4.65. The van der Waals surface area contributed by atoms with E-state index in [4.69, 9.17) is 23.2 Å². The molecule has 1 heterocycles. The number of carboxylic acid groups (broad SMARTS) is 1. The molecule has 0 spiro atoms. The van der Waals surface area contributed by atoms with E-state index in [9.17, 15) is 9.90 Å². The Balaban J connectivity index is 2.24. The predicted octanol–water partition coefficient (Wildman–Crippen LogP) is 4.21. The smallest absolute Gasteiger partial charge is 0.324 e. The number of hydrogen-bond acceptors (Lipinski definition) is 2. The van der Waals surface area contributed by atoms with Crippen molar-refractivity contribution in [1.82, 2.24) is 4.90 Å². The number of likely N-dealkylation sites (tertiary alicyclic amines) is 1. The van der Waals surface area contributed by atoms with Gasteiger partial charge in [0.15, 0.2) is 0 Å². The van der Waals surface area contributed by atoms with E-state index < -0.39 is 11.5 Å². The molecule has 5 heteroatoms. The number of benzene rings is 1. The van der Waals surface area contributed by atoms with Crippen molar-refractivity contribution in [2.45, 2.75) is 44.7 Å². The summed E-state index contributed by atoms with van der Waals surface area (Å²) < 4.78 is 0. The normalized spacial score (nSPS) is 23.1. The fraction of sp³-hybridized carbons (Fsp3) is 0.533. The van der Waals surface area contributed by atoms with Gasteiger partial charge in [0.25, 0.3) is 0 Å². The number of rotatable bonds is 5. The lowest BCUT2D eigenvalue weighted by atomic mass is 9.90. The first-order valence-corrected chi connectivity index (χ1v) is 7.67. The highest BCUT2D eigenvalue weighted by atomic mass is 35.5. The molecule has 1 N–H and O–H groups in total. The molecule has 1 fully saturated rings. The topological polar surface area (TPSA) is 40.5 Å². The van der Waals surface area contributed by atoms with E-state index in [1.54, 1.807) is 12.1 Å². The van der Waals surface area contributed by atoms with E-state index in [0.717, 1.165) is 24.9 Å². The Kier molecular flexibility index (Phi) is 4.95. The summed E-state index contributed by atoms with van der Waals surface area (Å²) in [6.45, 7) is 3.38. The fourth-order valence-electron chi connectivity index (χ4n) is 3.07. The van der Waals surface area contributed by atoms with Gasteiger partial charge in [-0.3, -0.25) is 9.69 Å². The first kappa shape index (κ1) is 15.6. The standard InChI is InChI=1S/C15H19Cl2NO2/c1-2-6-15(14(19)20)7-3-8-18(15)10-11-4-5-12(16)9-13(11)17/h4-5,9H,2-3,6-8,10H2,1H3,(H,19,20). The number of nitrogens with zero attached hydrogens (tertiary/aromatic N) is 1. The van der Waals surface area contributed by atoms with E-state index >= 15 is 0 Å². The van der Waals surface area contributed by atoms with Gasteiger partial charge in [-0.25, -0.2) is 0 Å². The van der Waals surface area contributed by atoms with Crippen molar-refractivity contribution in [3.63, 3.8) is 0 Å².